The Morgan fingerprint density at radius 3 is 2.65 bits per heavy atom. The zero-order chi connectivity index (χ0) is 14.6. The molecule has 110 valence electrons. The predicted octanol–water partition coefficient (Wildman–Crippen LogP) is 0.813. The van der Waals surface area contributed by atoms with Gasteiger partial charge in [0.05, 0.1) is 11.9 Å². The van der Waals surface area contributed by atoms with Crippen molar-refractivity contribution in [2.24, 2.45) is 5.92 Å². The molecule has 1 amide bonds. The summed E-state index contributed by atoms with van der Waals surface area (Å²) in [6.07, 6.45) is 4.99. The fourth-order valence-electron chi connectivity index (χ4n) is 2.23. The molecule has 1 aromatic heterocycles. The summed E-state index contributed by atoms with van der Waals surface area (Å²) in [5.74, 6) is 0.366. The van der Waals surface area contributed by atoms with Crippen LogP contribution < -0.4 is 10.6 Å². The van der Waals surface area contributed by atoms with E-state index in [1.807, 2.05) is 0 Å². The van der Waals surface area contributed by atoms with E-state index >= 15 is 0 Å². The highest BCUT2D eigenvalue weighted by atomic mass is 32.2. The first-order valence-electron chi connectivity index (χ1n) is 6.62. The van der Waals surface area contributed by atoms with Gasteiger partial charge in [-0.3, -0.25) is 4.79 Å². The van der Waals surface area contributed by atoms with Gasteiger partial charge in [-0.05, 0) is 44.0 Å². The van der Waals surface area contributed by atoms with Crippen LogP contribution in [0.3, 0.4) is 0 Å². The minimum absolute atomic E-state index is 0.00820. The van der Waals surface area contributed by atoms with Crippen molar-refractivity contribution in [3.8, 4) is 0 Å². The fourth-order valence-corrected chi connectivity index (χ4v) is 2.79. The summed E-state index contributed by atoms with van der Waals surface area (Å²) >= 11 is 0. The van der Waals surface area contributed by atoms with Crippen molar-refractivity contribution < 1.29 is 13.2 Å². The maximum Gasteiger partial charge on any atom is 0.224 e. The summed E-state index contributed by atoms with van der Waals surface area (Å²) in [4.78, 5) is 15.7. The van der Waals surface area contributed by atoms with Gasteiger partial charge in [-0.15, -0.1) is 0 Å². The lowest BCUT2D eigenvalue weighted by Gasteiger charge is -2.21. The van der Waals surface area contributed by atoms with Gasteiger partial charge in [0.25, 0.3) is 0 Å². The number of piperidine rings is 1. The molecule has 6 nitrogen and oxygen atoms in total. The topological polar surface area (TPSA) is 88.2 Å². The summed E-state index contributed by atoms with van der Waals surface area (Å²) in [6, 6.07) is 2.96. The molecule has 2 rings (SSSR count). The number of sulfone groups is 1. The van der Waals surface area contributed by atoms with Crippen LogP contribution in [0.4, 0.5) is 5.69 Å². The maximum atomic E-state index is 11.9. The molecule has 7 heteroatoms. The van der Waals surface area contributed by atoms with Crippen LogP contribution in [0.1, 0.15) is 19.3 Å². The normalized spacial score (nSPS) is 16.9. The third-order valence-corrected chi connectivity index (χ3v) is 4.33. The second-order valence-corrected chi connectivity index (χ2v) is 7.07. The summed E-state index contributed by atoms with van der Waals surface area (Å²) < 4.78 is 22.5. The Morgan fingerprint density at radius 1 is 1.40 bits per heavy atom. The van der Waals surface area contributed by atoms with E-state index in [1.165, 1.54) is 12.3 Å². The van der Waals surface area contributed by atoms with E-state index in [0.29, 0.717) is 18.0 Å². The molecule has 1 fully saturated rings. The van der Waals surface area contributed by atoms with Gasteiger partial charge in [0.2, 0.25) is 5.91 Å². The van der Waals surface area contributed by atoms with Crippen LogP contribution in [-0.2, 0) is 14.6 Å². The predicted molar refractivity (Wildman–Crippen MR) is 76.2 cm³/mol. The van der Waals surface area contributed by atoms with Gasteiger partial charge in [-0.2, -0.15) is 0 Å². The number of pyridine rings is 1. The smallest absolute Gasteiger partial charge is 0.224 e. The van der Waals surface area contributed by atoms with E-state index in [-0.39, 0.29) is 10.9 Å². The standard InChI is InChI=1S/C13H19N3O3S/c1-20(18,19)13-3-2-11(9-15-13)16-12(17)8-10-4-6-14-7-5-10/h2-3,9-10,14H,4-8H2,1H3,(H,16,17). The Kier molecular flexibility index (Phi) is 4.72. The lowest BCUT2D eigenvalue weighted by atomic mass is 9.94. The Hall–Kier alpha value is -1.47. The number of hydrogen-bond acceptors (Lipinski definition) is 5. The van der Waals surface area contributed by atoms with Crippen molar-refractivity contribution in [1.82, 2.24) is 10.3 Å². The molecular weight excluding hydrogens is 278 g/mol. The van der Waals surface area contributed by atoms with Crippen LogP contribution in [0.2, 0.25) is 0 Å². The van der Waals surface area contributed by atoms with Crippen molar-refractivity contribution in [3.05, 3.63) is 18.3 Å². The second kappa shape index (κ2) is 6.32. The number of hydrogen-bond donors (Lipinski definition) is 2. The molecule has 2 N–H and O–H groups in total. The monoisotopic (exact) mass is 297 g/mol. The molecule has 1 aliphatic heterocycles. The first-order chi connectivity index (χ1) is 9.45. The Balaban J connectivity index is 1.91. The molecule has 0 unspecified atom stereocenters. The quantitative estimate of drug-likeness (QED) is 0.859. The molecule has 0 saturated carbocycles. The van der Waals surface area contributed by atoms with Crippen LogP contribution in [0.15, 0.2) is 23.4 Å². The average Bonchev–Trinajstić information content (AvgIpc) is 2.39. The lowest BCUT2D eigenvalue weighted by Crippen LogP contribution is -2.30. The van der Waals surface area contributed by atoms with Gasteiger partial charge < -0.3 is 10.6 Å². The second-order valence-electron chi connectivity index (χ2n) is 5.10. The SMILES string of the molecule is CS(=O)(=O)c1ccc(NC(=O)CC2CCNCC2)cn1. The molecule has 1 aromatic rings. The number of amides is 1. The molecular formula is C13H19N3O3S. The number of carbonyl (C=O) groups excluding carboxylic acids is 1. The van der Waals surface area contributed by atoms with E-state index < -0.39 is 9.84 Å². The van der Waals surface area contributed by atoms with E-state index in [1.54, 1.807) is 6.07 Å². The van der Waals surface area contributed by atoms with Crippen LogP contribution in [-0.4, -0.2) is 38.7 Å². The summed E-state index contributed by atoms with van der Waals surface area (Å²) in [5.41, 5.74) is 0.524. The zero-order valence-electron chi connectivity index (χ0n) is 11.4. The van der Waals surface area contributed by atoms with Crippen molar-refractivity contribution in [2.75, 3.05) is 24.7 Å². The highest BCUT2D eigenvalue weighted by Gasteiger charge is 2.17. The third kappa shape index (κ3) is 4.28. The molecule has 0 bridgehead atoms. The van der Waals surface area contributed by atoms with Gasteiger partial charge in [0.1, 0.15) is 0 Å². The van der Waals surface area contributed by atoms with Gasteiger partial charge >= 0.3 is 0 Å². The Morgan fingerprint density at radius 2 is 2.10 bits per heavy atom. The van der Waals surface area contributed by atoms with Gasteiger partial charge in [-0.1, -0.05) is 0 Å². The van der Waals surface area contributed by atoms with Crippen molar-refractivity contribution in [2.45, 2.75) is 24.3 Å². The van der Waals surface area contributed by atoms with E-state index in [9.17, 15) is 13.2 Å². The number of nitrogens with zero attached hydrogens (tertiary/aromatic N) is 1. The number of nitrogens with one attached hydrogen (secondary N) is 2. The summed E-state index contributed by atoms with van der Waals surface area (Å²) in [7, 11) is -3.30. The molecule has 1 aliphatic rings. The number of rotatable bonds is 4. The lowest BCUT2D eigenvalue weighted by molar-refractivity contribution is -0.117. The fraction of sp³-hybridized carbons (Fsp3) is 0.538. The highest BCUT2D eigenvalue weighted by molar-refractivity contribution is 7.90. The molecule has 0 atom stereocenters. The zero-order valence-corrected chi connectivity index (χ0v) is 12.2. The summed E-state index contributed by atoms with van der Waals surface area (Å²) in [6.45, 7) is 1.92. The van der Waals surface area contributed by atoms with Crippen molar-refractivity contribution in [3.63, 3.8) is 0 Å². The largest absolute Gasteiger partial charge is 0.325 e. The van der Waals surface area contributed by atoms with Gasteiger partial charge in [-0.25, -0.2) is 13.4 Å². The molecule has 0 aliphatic carbocycles. The summed E-state index contributed by atoms with van der Waals surface area (Å²) in [5, 5.41) is 6.02. The number of carbonyl (C=O) groups is 1. The Bertz CT molecular complexity index is 563. The molecule has 20 heavy (non-hydrogen) atoms. The van der Waals surface area contributed by atoms with Crippen LogP contribution in [0, 0.1) is 5.92 Å². The number of anilines is 1. The molecule has 0 spiro atoms. The molecule has 1 saturated heterocycles. The Labute approximate surface area is 118 Å². The van der Waals surface area contributed by atoms with Crippen LogP contribution in [0.5, 0.6) is 0 Å². The first kappa shape index (κ1) is 14.9. The van der Waals surface area contributed by atoms with E-state index in [4.69, 9.17) is 0 Å². The van der Waals surface area contributed by atoms with Gasteiger partial charge in [0, 0.05) is 12.7 Å². The van der Waals surface area contributed by atoms with Crippen LogP contribution in [0.25, 0.3) is 0 Å². The molecule has 0 aromatic carbocycles. The maximum absolute atomic E-state index is 11.9. The minimum atomic E-state index is -3.30. The van der Waals surface area contributed by atoms with E-state index in [2.05, 4.69) is 15.6 Å². The van der Waals surface area contributed by atoms with Crippen molar-refractivity contribution in [1.29, 1.82) is 0 Å². The van der Waals surface area contributed by atoms with Gasteiger partial charge in [0.15, 0.2) is 14.9 Å². The number of aromatic nitrogens is 1. The highest BCUT2D eigenvalue weighted by Crippen LogP contribution is 2.17. The average molecular weight is 297 g/mol. The third-order valence-electron chi connectivity index (χ3n) is 3.33. The molecule has 2 heterocycles. The minimum Gasteiger partial charge on any atom is -0.325 e. The van der Waals surface area contributed by atoms with E-state index in [0.717, 1.165) is 32.2 Å². The molecule has 0 radical (unpaired) electrons. The first-order valence-corrected chi connectivity index (χ1v) is 8.51. The van der Waals surface area contributed by atoms with Crippen molar-refractivity contribution >= 4 is 21.4 Å². The van der Waals surface area contributed by atoms with Crippen LogP contribution >= 0.6 is 0 Å².